The number of para-hydroxylation sites is 2. The van der Waals surface area contributed by atoms with Gasteiger partial charge in [-0.25, -0.2) is 4.39 Å². The number of hydrogen-bond donors (Lipinski definition) is 1. The second-order valence-electron chi connectivity index (χ2n) is 7.41. The summed E-state index contributed by atoms with van der Waals surface area (Å²) in [6.07, 6.45) is 0.322. The molecule has 0 heterocycles. The molecule has 1 N–H and O–H groups in total. The van der Waals surface area contributed by atoms with Gasteiger partial charge >= 0.3 is 0 Å². The first-order valence-corrected chi connectivity index (χ1v) is 10.6. The first-order valence-electron chi connectivity index (χ1n) is 10.6. The molecular formula is C26H27FN2O4. The van der Waals surface area contributed by atoms with Gasteiger partial charge in [-0.05, 0) is 35.4 Å². The predicted octanol–water partition coefficient (Wildman–Crippen LogP) is 3.60. The Morgan fingerprint density at radius 2 is 1.55 bits per heavy atom. The van der Waals surface area contributed by atoms with Gasteiger partial charge in [-0.3, -0.25) is 9.59 Å². The third-order valence-electron chi connectivity index (χ3n) is 5.20. The molecule has 6 nitrogen and oxygen atoms in total. The van der Waals surface area contributed by atoms with Crippen molar-refractivity contribution in [3.8, 4) is 11.5 Å². The predicted molar refractivity (Wildman–Crippen MR) is 123 cm³/mol. The zero-order chi connectivity index (χ0) is 23.6. The van der Waals surface area contributed by atoms with Crippen molar-refractivity contribution in [2.75, 3.05) is 20.8 Å². The molecule has 3 aromatic rings. The first kappa shape index (κ1) is 23.8. The second-order valence-corrected chi connectivity index (χ2v) is 7.41. The number of nitrogens with zero attached hydrogens (tertiary/aromatic N) is 1. The molecule has 0 fully saturated rings. The number of carbonyl (C=O) groups excluding carboxylic acids is 2. The highest BCUT2D eigenvalue weighted by Crippen LogP contribution is 2.26. The topological polar surface area (TPSA) is 67.9 Å². The van der Waals surface area contributed by atoms with E-state index in [0.717, 1.165) is 5.56 Å². The number of likely N-dealkylation sites (N-methyl/N-ethyl adjacent to an activating group) is 1. The molecular weight excluding hydrogens is 423 g/mol. The first-order chi connectivity index (χ1) is 16.0. The SMILES string of the molecule is CNC(=O)[C@@H](Cc1ccccc1)N(Cc1ccc(F)cc1)C(=O)COc1ccccc1OC. The van der Waals surface area contributed by atoms with Crippen LogP contribution in [0.2, 0.25) is 0 Å². The number of carbonyl (C=O) groups is 2. The molecule has 0 bridgehead atoms. The minimum atomic E-state index is -0.781. The summed E-state index contributed by atoms with van der Waals surface area (Å²) in [7, 11) is 3.05. The highest BCUT2D eigenvalue weighted by Gasteiger charge is 2.30. The zero-order valence-corrected chi connectivity index (χ0v) is 18.7. The summed E-state index contributed by atoms with van der Waals surface area (Å²) >= 11 is 0. The van der Waals surface area contributed by atoms with E-state index in [1.54, 1.807) is 36.4 Å². The van der Waals surface area contributed by atoms with Gasteiger partial charge in [0.2, 0.25) is 5.91 Å². The van der Waals surface area contributed by atoms with Crippen molar-refractivity contribution in [1.29, 1.82) is 0 Å². The molecule has 0 saturated heterocycles. The largest absolute Gasteiger partial charge is 0.493 e. The van der Waals surface area contributed by atoms with Crippen LogP contribution >= 0.6 is 0 Å². The highest BCUT2D eigenvalue weighted by molar-refractivity contribution is 5.88. The average Bonchev–Trinajstić information content (AvgIpc) is 2.86. The molecule has 0 saturated carbocycles. The molecule has 0 aliphatic heterocycles. The molecule has 33 heavy (non-hydrogen) atoms. The summed E-state index contributed by atoms with van der Waals surface area (Å²) in [6.45, 7) is -0.164. The molecule has 0 aliphatic carbocycles. The Kier molecular flexibility index (Phi) is 8.41. The Morgan fingerprint density at radius 3 is 2.18 bits per heavy atom. The second kappa shape index (κ2) is 11.7. The maximum absolute atomic E-state index is 13.4. The van der Waals surface area contributed by atoms with E-state index in [4.69, 9.17) is 9.47 Å². The Bertz CT molecular complexity index is 1060. The van der Waals surface area contributed by atoms with Crippen LogP contribution < -0.4 is 14.8 Å². The van der Waals surface area contributed by atoms with E-state index in [9.17, 15) is 14.0 Å². The molecule has 172 valence electrons. The quantitative estimate of drug-likeness (QED) is 0.513. The van der Waals surface area contributed by atoms with Crippen LogP contribution in [0.25, 0.3) is 0 Å². The minimum absolute atomic E-state index is 0.124. The van der Waals surface area contributed by atoms with E-state index in [1.807, 2.05) is 30.3 Å². The van der Waals surface area contributed by atoms with E-state index in [2.05, 4.69) is 5.32 Å². The van der Waals surface area contributed by atoms with Gasteiger partial charge < -0.3 is 19.7 Å². The molecule has 0 unspecified atom stereocenters. The Labute approximate surface area is 192 Å². The van der Waals surface area contributed by atoms with Gasteiger partial charge in [0, 0.05) is 20.0 Å². The normalized spacial score (nSPS) is 11.4. The zero-order valence-electron chi connectivity index (χ0n) is 18.7. The molecule has 3 rings (SSSR count). The fourth-order valence-corrected chi connectivity index (χ4v) is 3.47. The van der Waals surface area contributed by atoms with Gasteiger partial charge in [-0.1, -0.05) is 54.6 Å². The molecule has 2 amide bonds. The number of nitrogens with one attached hydrogen (secondary N) is 1. The molecule has 0 spiro atoms. The fourth-order valence-electron chi connectivity index (χ4n) is 3.47. The number of rotatable bonds is 10. The summed E-state index contributed by atoms with van der Waals surface area (Å²) in [6, 6.07) is 21.6. The Balaban J connectivity index is 1.87. The van der Waals surface area contributed by atoms with Crippen molar-refractivity contribution < 1.29 is 23.5 Å². The number of hydrogen-bond acceptors (Lipinski definition) is 4. The number of ether oxygens (including phenoxy) is 2. The monoisotopic (exact) mass is 450 g/mol. The van der Waals surface area contributed by atoms with Crippen LogP contribution in [0.1, 0.15) is 11.1 Å². The number of halogens is 1. The molecule has 0 aromatic heterocycles. The van der Waals surface area contributed by atoms with E-state index in [-0.39, 0.29) is 30.8 Å². The fraction of sp³-hybridized carbons (Fsp3) is 0.231. The lowest BCUT2D eigenvalue weighted by atomic mass is 10.0. The van der Waals surface area contributed by atoms with Gasteiger partial charge in [0.25, 0.3) is 5.91 Å². The summed E-state index contributed by atoms with van der Waals surface area (Å²) < 4.78 is 24.4. The molecule has 7 heteroatoms. The summed E-state index contributed by atoms with van der Waals surface area (Å²) in [5, 5.41) is 2.65. The average molecular weight is 451 g/mol. The van der Waals surface area contributed by atoms with Crippen LogP contribution in [-0.2, 0) is 22.6 Å². The van der Waals surface area contributed by atoms with Crippen molar-refractivity contribution in [2.24, 2.45) is 0 Å². The third kappa shape index (κ3) is 6.55. The van der Waals surface area contributed by atoms with Crippen LogP contribution in [0.15, 0.2) is 78.9 Å². The van der Waals surface area contributed by atoms with Crippen molar-refractivity contribution >= 4 is 11.8 Å². The van der Waals surface area contributed by atoms with Gasteiger partial charge in [-0.15, -0.1) is 0 Å². The van der Waals surface area contributed by atoms with Gasteiger partial charge in [0.15, 0.2) is 18.1 Å². The van der Waals surface area contributed by atoms with Crippen LogP contribution in [0.3, 0.4) is 0 Å². The van der Waals surface area contributed by atoms with Crippen molar-refractivity contribution in [2.45, 2.75) is 19.0 Å². The summed E-state index contributed by atoms with van der Waals surface area (Å²) in [5.41, 5.74) is 1.61. The lowest BCUT2D eigenvalue weighted by Crippen LogP contribution is -2.51. The summed E-state index contributed by atoms with van der Waals surface area (Å²) in [5.74, 6) is -0.123. The lowest BCUT2D eigenvalue weighted by Gasteiger charge is -2.31. The van der Waals surface area contributed by atoms with E-state index in [0.29, 0.717) is 23.5 Å². The molecule has 0 aliphatic rings. The van der Waals surface area contributed by atoms with Crippen molar-refractivity contribution in [3.05, 3.63) is 95.8 Å². The van der Waals surface area contributed by atoms with Crippen molar-refractivity contribution in [1.82, 2.24) is 10.2 Å². The van der Waals surface area contributed by atoms with Gasteiger partial charge in [-0.2, -0.15) is 0 Å². The van der Waals surface area contributed by atoms with Crippen LogP contribution in [-0.4, -0.2) is 43.5 Å². The maximum Gasteiger partial charge on any atom is 0.261 e. The molecule has 1 atom stereocenters. The minimum Gasteiger partial charge on any atom is -0.493 e. The maximum atomic E-state index is 13.4. The summed E-state index contributed by atoms with van der Waals surface area (Å²) in [4.78, 5) is 27.7. The number of methoxy groups -OCH3 is 1. The van der Waals surface area contributed by atoms with Crippen LogP contribution in [0, 0.1) is 5.82 Å². The van der Waals surface area contributed by atoms with Crippen molar-refractivity contribution in [3.63, 3.8) is 0 Å². The van der Waals surface area contributed by atoms with Gasteiger partial charge in [0.05, 0.1) is 7.11 Å². The van der Waals surface area contributed by atoms with Gasteiger partial charge in [0.1, 0.15) is 11.9 Å². The standard InChI is InChI=1S/C26H27FN2O4/c1-28-26(31)22(16-19-8-4-3-5-9-19)29(17-20-12-14-21(27)15-13-20)25(30)18-33-24-11-7-6-10-23(24)32-2/h3-15,22H,16-18H2,1-2H3,(H,28,31)/t22-/m1/s1. The highest BCUT2D eigenvalue weighted by atomic mass is 19.1. The van der Waals surface area contributed by atoms with Crippen LogP contribution in [0.4, 0.5) is 4.39 Å². The molecule has 0 radical (unpaired) electrons. The number of benzene rings is 3. The third-order valence-corrected chi connectivity index (χ3v) is 5.20. The smallest absolute Gasteiger partial charge is 0.261 e. The Hall–Kier alpha value is -3.87. The van der Waals surface area contributed by atoms with E-state index >= 15 is 0 Å². The Morgan fingerprint density at radius 1 is 0.909 bits per heavy atom. The van der Waals surface area contributed by atoms with Crippen LogP contribution in [0.5, 0.6) is 11.5 Å². The lowest BCUT2D eigenvalue weighted by molar-refractivity contribution is -0.142. The van der Waals surface area contributed by atoms with E-state index in [1.165, 1.54) is 31.2 Å². The number of amides is 2. The van der Waals surface area contributed by atoms with E-state index < -0.39 is 6.04 Å². The molecule has 3 aromatic carbocycles.